The van der Waals surface area contributed by atoms with Crippen molar-refractivity contribution in [3.05, 3.63) is 114 Å². The van der Waals surface area contributed by atoms with E-state index in [1.165, 1.54) is 3.97 Å². The van der Waals surface area contributed by atoms with Crippen LogP contribution in [-0.4, -0.2) is 62.0 Å². The number of anilines is 2. The number of para-hydroxylation sites is 2. The second kappa shape index (κ2) is 12.7. The molecule has 0 saturated carbocycles. The minimum Gasteiger partial charge on any atom is -0.368 e. The Kier molecular flexibility index (Phi) is 8.60. The minimum absolute atomic E-state index is 0.00149. The molecule has 1 fully saturated rings. The zero-order chi connectivity index (χ0) is 30.7. The Labute approximate surface area is 264 Å². The Morgan fingerprint density at radius 2 is 1.57 bits per heavy atom. The summed E-state index contributed by atoms with van der Waals surface area (Å²) >= 11 is 7.17. The van der Waals surface area contributed by atoms with Crippen molar-refractivity contribution in [1.29, 1.82) is 0 Å². The lowest BCUT2D eigenvalue weighted by Gasteiger charge is -2.36. The van der Waals surface area contributed by atoms with Gasteiger partial charge >= 0.3 is 15.2 Å². The van der Waals surface area contributed by atoms with E-state index >= 15 is 0 Å². The summed E-state index contributed by atoms with van der Waals surface area (Å²) in [6, 6.07) is 29.9. The molecule has 44 heavy (non-hydrogen) atoms. The number of nitrogens with one attached hydrogen (secondary N) is 2. The third-order valence-electron chi connectivity index (χ3n) is 7.32. The second-order valence-corrected chi connectivity index (χ2v) is 13.4. The number of thioether (sulfide) groups is 1. The summed E-state index contributed by atoms with van der Waals surface area (Å²) in [6.07, 6.45) is 0. The highest BCUT2D eigenvalue weighted by Crippen LogP contribution is 2.24. The largest absolute Gasteiger partial charge is 0.368 e. The predicted octanol–water partition coefficient (Wildman–Crippen LogP) is 5.04. The van der Waals surface area contributed by atoms with Crippen LogP contribution in [0.1, 0.15) is 10.4 Å². The van der Waals surface area contributed by atoms with Crippen LogP contribution in [0.2, 0.25) is 5.02 Å². The molecular formula is C32H29ClN5O4S2+. The molecule has 224 valence electrons. The summed E-state index contributed by atoms with van der Waals surface area (Å²) in [5.74, 6) is -0.293. The highest BCUT2D eigenvalue weighted by molar-refractivity contribution is 8.00. The molecule has 2 amide bonds. The normalized spacial score (nSPS) is 13.7. The molecule has 0 spiro atoms. The summed E-state index contributed by atoms with van der Waals surface area (Å²) < 4.78 is 28.4. The summed E-state index contributed by atoms with van der Waals surface area (Å²) in [7, 11) is -3.90. The molecule has 0 unspecified atom stereocenters. The van der Waals surface area contributed by atoms with Crippen LogP contribution < -0.4 is 14.2 Å². The molecule has 5 aromatic rings. The van der Waals surface area contributed by atoms with Crippen molar-refractivity contribution >= 4 is 67.6 Å². The van der Waals surface area contributed by atoms with Gasteiger partial charge in [-0.3, -0.25) is 9.59 Å². The number of halogens is 1. The quantitative estimate of drug-likeness (QED) is 0.181. The first-order chi connectivity index (χ1) is 21.3. The number of H-pyrrole nitrogens is 1. The van der Waals surface area contributed by atoms with Gasteiger partial charge in [0.2, 0.25) is 5.91 Å². The fraction of sp³-hybridized carbons (Fsp3) is 0.156. The molecule has 0 bridgehead atoms. The Bertz CT molecular complexity index is 1920. The van der Waals surface area contributed by atoms with Gasteiger partial charge in [0.05, 0.1) is 5.75 Å². The Morgan fingerprint density at radius 3 is 2.30 bits per heavy atom. The topological polar surface area (TPSA) is 106 Å². The van der Waals surface area contributed by atoms with Crippen LogP contribution >= 0.6 is 23.4 Å². The van der Waals surface area contributed by atoms with Gasteiger partial charge in [0.1, 0.15) is 4.90 Å². The van der Waals surface area contributed by atoms with Crippen molar-refractivity contribution in [3.8, 4) is 0 Å². The first kappa shape index (κ1) is 29.7. The fourth-order valence-corrected chi connectivity index (χ4v) is 7.90. The van der Waals surface area contributed by atoms with Crippen LogP contribution in [0.4, 0.5) is 11.4 Å². The number of rotatable bonds is 8. The lowest BCUT2D eigenvalue weighted by atomic mass is 10.1. The predicted molar refractivity (Wildman–Crippen MR) is 173 cm³/mol. The van der Waals surface area contributed by atoms with Crippen molar-refractivity contribution in [1.82, 2.24) is 9.88 Å². The molecule has 12 heteroatoms. The average Bonchev–Trinajstić information content (AvgIpc) is 3.44. The van der Waals surface area contributed by atoms with E-state index in [0.29, 0.717) is 58.6 Å². The van der Waals surface area contributed by atoms with E-state index in [2.05, 4.69) is 15.2 Å². The Hall–Kier alpha value is -4.32. The summed E-state index contributed by atoms with van der Waals surface area (Å²) in [4.78, 5) is 33.1. The molecule has 4 aromatic carbocycles. The molecular weight excluding hydrogens is 618 g/mol. The van der Waals surface area contributed by atoms with Gasteiger partial charge in [-0.25, -0.2) is 4.98 Å². The summed E-state index contributed by atoms with van der Waals surface area (Å²) in [5, 5.41) is 3.78. The number of hydrogen-bond donors (Lipinski definition) is 2. The van der Waals surface area contributed by atoms with Crippen molar-refractivity contribution in [2.24, 2.45) is 0 Å². The number of fused-ring (bicyclic) bond motifs is 1. The van der Waals surface area contributed by atoms with Gasteiger partial charge < -0.3 is 15.1 Å². The molecule has 1 saturated heterocycles. The lowest BCUT2D eigenvalue weighted by Crippen LogP contribution is -2.48. The first-order valence-electron chi connectivity index (χ1n) is 14.0. The smallest absolute Gasteiger partial charge is 0.336 e. The number of carbonyl (C=O) groups excluding carboxylic acids is 2. The van der Waals surface area contributed by atoms with E-state index in [1.807, 2.05) is 35.2 Å². The van der Waals surface area contributed by atoms with E-state index in [-0.39, 0.29) is 22.5 Å². The number of aromatic amines is 1. The van der Waals surface area contributed by atoms with Gasteiger partial charge in [0.15, 0.2) is 11.0 Å². The molecule has 0 aliphatic carbocycles. The number of carbonyl (C=O) groups is 2. The SMILES string of the molecule is O=C(CSc1[nH]c2ccccc2[n+]1S(=O)(=O)c1ccccc1)Nc1ccc(N2CCN(C(=O)c3cccc(Cl)c3)CC2)cc1. The molecule has 0 radical (unpaired) electrons. The maximum atomic E-state index is 13.6. The number of benzene rings is 4. The van der Waals surface area contributed by atoms with E-state index in [0.717, 1.165) is 17.4 Å². The summed E-state index contributed by atoms with van der Waals surface area (Å²) in [5.41, 5.74) is 3.37. The monoisotopic (exact) mass is 646 g/mol. The number of aromatic nitrogens is 2. The second-order valence-electron chi connectivity index (χ2n) is 10.2. The van der Waals surface area contributed by atoms with Crippen molar-refractivity contribution in [2.75, 3.05) is 42.1 Å². The minimum atomic E-state index is -3.90. The van der Waals surface area contributed by atoms with Crippen LogP contribution in [0.25, 0.3) is 11.0 Å². The summed E-state index contributed by atoms with van der Waals surface area (Å²) in [6.45, 7) is 2.56. The number of amides is 2. The van der Waals surface area contributed by atoms with Gasteiger partial charge in [-0.05, 0) is 78.5 Å². The van der Waals surface area contributed by atoms with Crippen LogP contribution in [0.5, 0.6) is 0 Å². The molecule has 9 nitrogen and oxygen atoms in total. The number of imidazole rings is 1. The molecule has 2 N–H and O–H groups in total. The van der Waals surface area contributed by atoms with Gasteiger partial charge in [0.25, 0.3) is 5.91 Å². The van der Waals surface area contributed by atoms with Crippen molar-refractivity contribution in [3.63, 3.8) is 0 Å². The molecule has 0 atom stereocenters. The third kappa shape index (κ3) is 6.30. The van der Waals surface area contributed by atoms with Crippen molar-refractivity contribution in [2.45, 2.75) is 10.1 Å². The van der Waals surface area contributed by atoms with Gasteiger partial charge in [-0.15, -0.1) is 3.97 Å². The number of piperazine rings is 1. The number of hydrogen-bond acceptors (Lipinski definition) is 6. The van der Waals surface area contributed by atoms with E-state index in [9.17, 15) is 18.0 Å². The standard InChI is InChI=1S/C32H28ClN5O4S2/c33-24-8-6-7-23(21-24)31(40)37-19-17-36(18-20-37)26-15-13-25(14-16-26)34-30(39)22-43-32-35-28-11-4-5-12-29(28)38(32)44(41,42)27-9-2-1-3-10-27/h1-16,21H,17-20,22H2,(H,34,39)/p+1. The molecule has 1 aromatic heterocycles. The van der Waals surface area contributed by atoms with Crippen molar-refractivity contribution < 1.29 is 22.0 Å². The van der Waals surface area contributed by atoms with Crippen LogP contribution in [0.15, 0.2) is 113 Å². The maximum absolute atomic E-state index is 13.6. The van der Waals surface area contributed by atoms with E-state index in [4.69, 9.17) is 11.6 Å². The van der Waals surface area contributed by atoms with Gasteiger partial charge in [-0.1, -0.05) is 48.0 Å². The Morgan fingerprint density at radius 1 is 0.864 bits per heavy atom. The van der Waals surface area contributed by atoms with Crippen LogP contribution in [0, 0.1) is 0 Å². The molecule has 1 aliphatic rings. The third-order valence-corrected chi connectivity index (χ3v) is 10.4. The van der Waals surface area contributed by atoms with E-state index in [1.54, 1.807) is 72.8 Å². The Balaban J connectivity index is 1.07. The molecule has 6 rings (SSSR count). The van der Waals surface area contributed by atoms with Gasteiger partial charge in [0, 0.05) is 48.1 Å². The molecule has 2 heterocycles. The highest BCUT2D eigenvalue weighted by Gasteiger charge is 2.32. The first-order valence-corrected chi connectivity index (χ1v) is 16.8. The lowest BCUT2D eigenvalue weighted by molar-refractivity contribution is -0.526. The zero-order valence-corrected chi connectivity index (χ0v) is 25.9. The molecule has 1 aliphatic heterocycles. The number of nitrogens with zero attached hydrogens (tertiary/aromatic N) is 3. The van der Waals surface area contributed by atoms with Crippen LogP contribution in [0.3, 0.4) is 0 Å². The fourth-order valence-electron chi connectivity index (χ4n) is 5.12. The highest BCUT2D eigenvalue weighted by atomic mass is 35.5. The maximum Gasteiger partial charge on any atom is 0.336 e. The zero-order valence-electron chi connectivity index (χ0n) is 23.5. The average molecular weight is 647 g/mol. The van der Waals surface area contributed by atoms with Gasteiger partial charge in [-0.2, -0.15) is 8.42 Å². The van der Waals surface area contributed by atoms with Crippen LogP contribution in [-0.2, 0) is 14.8 Å². The van der Waals surface area contributed by atoms with E-state index < -0.39 is 10.0 Å².